The van der Waals surface area contributed by atoms with Crippen molar-refractivity contribution in [1.29, 1.82) is 0 Å². The highest BCUT2D eigenvalue weighted by Gasteiger charge is 2.24. The van der Waals surface area contributed by atoms with Crippen LogP contribution in [0.25, 0.3) is 17.4 Å². The van der Waals surface area contributed by atoms with Crippen molar-refractivity contribution in [2.75, 3.05) is 0 Å². The van der Waals surface area contributed by atoms with Gasteiger partial charge in [-0.05, 0) is 31.2 Å². The van der Waals surface area contributed by atoms with Crippen molar-refractivity contribution in [2.45, 2.75) is 6.92 Å². The van der Waals surface area contributed by atoms with Crippen molar-refractivity contribution in [3.8, 4) is 11.3 Å². The standard InChI is InChI=1S/C21H14N2O5/c1-13-5-7-14(8-6-13)20-22-18(21(24)28-20)12-17-9-10-19(27-17)15-3-2-4-16(11-15)23(25)26/h2-12H,1H3/b18-12+. The number of hydrogen-bond acceptors (Lipinski definition) is 6. The summed E-state index contributed by atoms with van der Waals surface area (Å²) in [6.07, 6.45) is 1.48. The summed E-state index contributed by atoms with van der Waals surface area (Å²) in [7, 11) is 0. The molecule has 0 aliphatic carbocycles. The monoisotopic (exact) mass is 374 g/mol. The topological polar surface area (TPSA) is 94.9 Å². The van der Waals surface area contributed by atoms with Gasteiger partial charge in [0.1, 0.15) is 11.5 Å². The zero-order chi connectivity index (χ0) is 19.7. The summed E-state index contributed by atoms with van der Waals surface area (Å²) in [4.78, 5) is 26.8. The molecule has 0 radical (unpaired) electrons. The number of carbonyl (C=O) groups is 1. The average molecular weight is 374 g/mol. The Morgan fingerprint density at radius 1 is 1.04 bits per heavy atom. The lowest BCUT2D eigenvalue weighted by Gasteiger charge is -1.99. The van der Waals surface area contributed by atoms with Crippen LogP contribution < -0.4 is 0 Å². The fraction of sp³-hybridized carbons (Fsp3) is 0.0476. The second kappa shape index (κ2) is 6.96. The first-order chi connectivity index (χ1) is 13.5. The van der Waals surface area contributed by atoms with Gasteiger partial charge in [0, 0.05) is 29.3 Å². The van der Waals surface area contributed by atoms with E-state index < -0.39 is 10.9 Å². The number of non-ortho nitro benzene ring substituents is 1. The van der Waals surface area contributed by atoms with Crippen LogP contribution in [0.5, 0.6) is 0 Å². The molecular formula is C21H14N2O5. The molecule has 0 fully saturated rings. The summed E-state index contributed by atoms with van der Waals surface area (Å²) in [6, 6.07) is 16.9. The molecule has 0 N–H and O–H groups in total. The molecule has 0 amide bonds. The van der Waals surface area contributed by atoms with Crippen LogP contribution in [-0.4, -0.2) is 16.8 Å². The minimum atomic E-state index is -0.566. The van der Waals surface area contributed by atoms with Gasteiger partial charge in [0.25, 0.3) is 5.69 Å². The summed E-state index contributed by atoms with van der Waals surface area (Å²) >= 11 is 0. The predicted octanol–water partition coefficient (Wildman–Crippen LogP) is 4.51. The highest BCUT2D eigenvalue weighted by Crippen LogP contribution is 2.27. The first-order valence-electron chi connectivity index (χ1n) is 8.44. The lowest BCUT2D eigenvalue weighted by molar-refractivity contribution is -0.384. The second-order valence-corrected chi connectivity index (χ2v) is 6.21. The fourth-order valence-corrected chi connectivity index (χ4v) is 2.72. The number of ether oxygens (including phenoxy) is 1. The van der Waals surface area contributed by atoms with Gasteiger partial charge in [0.15, 0.2) is 5.70 Å². The first kappa shape index (κ1) is 17.4. The lowest BCUT2D eigenvalue weighted by Crippen LogP contribution is -2.05. The Kier molecular flexibility index (Phi) is 4.33. The van der Waals surface area contributed by atoms with E-state index in [-0.39, 0.29) is 17.3 Å². The lowest BCUT2D eigenvalue weighted by atomic mass is 10.1. The third-order valence-electron chi connectivity index (χ3n) is 4.17. The zero-order valence-electron chi connectivity index (χ0n) is 14.8. The quantitative estimate of drug-likeness (QED) is 0.290. The van der Waals surface area contributed by atoms with E-state index >= 15 is 0 Å². The Labute approximate surface area is 159 Å². The van der Waals surface area contributed by atoms with Crippen molar-refractivity contribution in [3.05, 3.63) is 93.4 Å². The molecule has 138 valence electrons. The average Bonchev–Trinajstić information content (AvgIpc) is 3.30. The van der Waals surface area contributed by atoms with Crippen molar-refractivity contribution >= 4 is 23.6 Å². The van der Waals surface area contributed by atoms with Crippen LogP contribution in [0.15, 0.2) is 75.8 Å². The van der Waals surface area contributed by atoms with Gasteiger partial charge in [0.05, 0.1) is 4.92 Å². The number of esters is 1. The Morgan fingerprint density at radius 2 is 1.82 bits per heavy atom. The maximum atomic E-state index is 12.1. The highest BCUT2D eigenvalue weighted by atomic mass is 16.6. The number of furan rings is 1. The molecule has 3 aromatic rings. The predicted molar refractivity (Wildman–Crippen MR) is 103 cm³/mol. The molecule has 0 saturated heterocycles. The van der Waals surface area contributed by atoms with Crippen molar-refractivity contribution in [3.63, 3.8) is 0 Å². The van der Waals surface area contributed by atoms with Crippen LogP contribution in [0.3, 0.4) is 0 Å². The molecule has 7 heteroatoms. The van der Waals surface area contributed by atoms with Gasteiger partial charge in [0.2, 0.25) is 5.90 Å². The van der Waals surface area contributed by atoms with Crippen LogP contribution in [-0.2, 0) is 9.53 Å². The van der Waals surface area contributed by atoms with Crippen LogP contribution in [0.2, 0.25) is 0 Å². The molecule has 1 aromatic heterocycles. The number of nitrogens with zero attached hydrogens (tertiary/aromatic N) is 2. The molecular weight excluding hydrogens is 360 g/mol. The van der Waals surface area contributed by atoms with E-state index in [1.807, 2.05) is 31.2 Å². The van der Waals surface area contributed by atoms with E-state index in [4.69, 9.17) is 9.15 Å². The number of benzene rings is 2. The normalized spacial score (nSPS) is 14.8. The molecule has 2 heterocycles. The Morgan fingerprint density at radius 3 is 2.57 bits per heavy atom. The zero-order valence-corrected chi connectivity index (χ0v) is 14.8. The molecule has 7 nitrogen and oxygen atoms in total. The summed E-state index contributed by atoms with van der Waals surface area (Å²) in [5, 5.41) is 10.9. The minimum Gasteiger partial charge on any atom is -0.457 e. The first-order valence-corrected chi connectivity index (χ1v) is 8.44. The Balaban J connectivity index is 1.61. The third kappa shape index (κ3) is 3.45. The van der Waals surface area contributed by atoms with Crippen molar-refractivity contribution in [1.82, 2.24) is 0 Å². The van der Waals surface area contributed by atoms with Crippen LogP contribution in [0, 0.1) is 17.0 Å². The van der Waals surface area contributed by atoms with Gasteiger partial charge in [-0.2, -0.15) is 0 Å². The molecule has 2 aromatic carbocycles. The van der Waals surface area contributed by atoms with Gasteiger partial charge < -0.3 is 9.15 Å². The highest BCUT2D eigenvalue weighted by molar-refractivity contribution is 6.12. The number of carbonyl (C=O) groups excluding carboxylic acids is 1. The molecule has 1 aliphatic heterocycles. The van der Waals surface area contributed by atoms with E-state index in [1.165, 1.54) is 18.2 Å². The molecule has 0 spiro atoms. The van der Waals surface area contributed by atoms with E-state index in [2.05, 4.69) is 4.99 Å². The van der Waals surface area contributed by atoms with Gasteiger partial charge in [-0.25, -0.2) is 9.79 Å². The summed E-state index contributed by atoms with van der Waals surface area (Å²) in [5.74, 6) is 0.512. The van der Waals surface area contributed by atoms with Gasteiger partial charge >= 0.3 is 5.97 Å². The van der Waals surface area contributed by atoms with Crippen molar-refractivity contribution < 1.29 is 18.9 Å². The molecule has 0 atom stereocenters. The number of aliphatic imine (C=N–C) groups is 1. The maximum Gasteiger partial charge on any atom is 0.363 e. The number of hydrogen-bond donors (Lipinski definition) is 0. The molecule has 0 unspecified atom stereocenters. The molecule has 1 aliphatic rings. The summed E-state index contributed by atoms with van der Waals surface area (Å²) < 4.78 is 10.9. The van der Waals surface area contributed by atoms with E-state index in [9.17, 15) is 14.9 Å². The van der Waals surface area contributed by atoms with E-state index in [0.29, 0.717) is 22.6 Å². The third-order valence-corrected chi connectivity index (χ3v) is 4.17. The SMILES string of the molecule is Cc1ccc(C2=N/C(=C/c3ccc(-c4cccc([N+](=O)[O-])c4)o3)C(=O)O2)cc1. The van der Waals surface area contributed by atoms with E-state index in [0.717, 1.165) is 5.56 Å². The Hall–Kier alpha value is -4.00. The van der Waals surface area contributed by atoms with Crippen molar-refractivity contribution in [2.24, 2.45) is 4.99 Å². The maximum absolute atomic E-state index is 12.1. The van der Waals surface area contributed by atoms with Gasteiger partial charge in [-0.1, -0.05) is 29.8 Å². The van der Waals surface area contributed by atoms with Gasteiger partial charge in [-0.15, -0.1) is 0 Å². The van der Waals surface area contributed by atoms with Crippen LogP contribution >= 0.6 is 0 Å². The fourth-order valence-electron chi connectivity index (χ4n) is 2.72. The molecule has 0 bridgehead atoms. The van der Waals surface area contributed by atoms with E-state index in [1.54, 1.807) is 24.3 Å². The van der Waals surface area contributed by atoms with Gasteiger partial charge in [-0.3, -0.25) is 10.1 Å². The Bertz CT molecular complexity index is 1140. The van der Waals surface area contributed by atoms with Crippen LogP contribution in [0.4, 0.5) is 5.69 Å². The second-order valence-electron chi connectivity index (χ2n) is 6.21. The summed E-state index contributed by atoms with van der Waals surface area (Å²) in [6.45, 7) is 1.97. The molecule has 0 saturated carbocycles. The molecule has 28 heavy (non-hydrogen) atoms. The number of nitro groups is 1. The van der Waals surface area contributed by atoms with Crippen LogP contribution in [0.1, 0.15) is 16.9 Å². The smallest absolute Gasteiger partial charge is 0.363 e. The number of cyclic esters (lactones) is 1. The summed E-state index contributed by atoms with van der Waals surface area (Å²) in [5.41, 5.74) is 2.46. The number of rotatable bonds is 4. The minimum absolute atomic E-state index is 0.0273. The molecule has 4 rings (SSSR count). The number of nitro benzene ring substituents is 1. The largest absolute Gasteiger partial charge is 0.457 e. The number of aryl methyl sites for hydroxylation is 1.